The largest absolute Gasteiger partial charge is 0.386 e. The lowest BCUT2D eigenvalue weighted by atomic mass is 10.0. The number of carbonyl (C=O) groups excluding carboxylic acids is 1. The summed E-state index contributed by atoms with van der Waals surface area (Å²) in [6, 6.07) is 6.46. The van der Waals surface area contributed by atoms with Crippen molar-refractivity contribution in [1.82, 2.24) is 10.3 Å². The fourth-order valence-electron chi connectivity index (χ4n) is 1.63. The molecule has 0 saturated carbocycles. The van der Waals surface area contributed by atoms with Gasteiger partial charge in [0, 0.05) is 10.4 Å². The van der Waals surface area contributed by atoms with Gasteiger partial charge in [0.15, 0.2) is 0 Å². The maximum atomic E-state index is 11.8. The van der Waals surface area contributed by atoms with Crippen molar-refractivity contribution < 1.29 is 9.90 Å². The molecule has 100 valence electrons. The molecule has 1 aromatic carbocycles. The van der Waals surface area contributed by atoms with Crippen LogP contribution in [-0.4, -0.2) is 22.0 Å². The highest BCUT2D eigenvalue weighted by atomic mass is 35.5. The van der Waals surface area contributed by atoms with E-state index in [0.717, 1.165) is 0 Å². The van der Waals surface area contributed by atoms with E-state index in [1.54, 1.807) is 42.1 Å². The van der Waals surface area contributed by atoms with Gasteiger partial charge in [-0.3, -0.25) is 4.79 Å². The second kappa shape index (κ2) is 6.14. The van der Waals surface area contributed by atoms with Crippen molar-refractivity contribution in [2.75, 3.05) is 0 Å². The zero-order valence-corrected chi connectivity index (χ0v) is 11.8. The summed E-state index contributed by atoms with van der Waals surface area (Å²) in [5, 5.41) is 15.1. The summed E-state index contributed by atoms with van der Waals surface area (Å²) in [5.74, 6) is -0.290. The number of hydrogen-bond acceptors (Lipinski definition) is 4. The van der Waals surface area contributed by atoms with Crippen LogP contribution in [0.25, 0.3) is 0 Å². The maximum Gasteiger partial charge on any atom is 0.271 e. The number of aliphatic hydroxyl groups is 1. The average molecular weight is 297 g/mol. The molecule has 6 heteroatoms. The second-order valence-corrected chi connectivity index (χ2v) is 5.29. The fraction of sp³-hybridized carbons (Fsp3) is 0.231. The SMILES string of the molecule is CC(NC(=O)c1cscn1)C(O)c1ccc(Cl)cc1. The van der Waals surface area contributed by atoms with Crippen molar-refractivity contribution in [3.63, 3.8) is 0 Å². The summed E-state index contributed by atoms with van der Waals surface area (Å²) in [6.45, 7) is 1.74. The van der Waals surface area contributed by atoms with Gasteiger partial charge in [0.2, 0.25) is 0 Å². The standard InChI is InChI=1S/C13H13ClN2O2S/c1-8(16-13(18)11-6-19-7-15-11)12(17)9-2-4-10(14)5-3-9/h2-8,12,17H,1H3,(H,16,18). The van der Waals surface area contributed by atoms with Crippen molar-refractivity contribution in [2.24, 2.45) is 0 Å². The highest BCUT2D eigenvalue weighted by Gasteiger charge is 2.19. The van der Waals surface area contributed by atoms with E-state index in [1.807, 2.05) is 0 Å². The molecule has 0 aliphatic heterocycles. The number of carbonyl (C=O) groups is 1. The number of rotatable bonds is 4. The Labute approximate surface area is 120 Å². The molecule has 2 rings (SSSR count). The zero-order chi connectivity index (χ0) is 13.8. The minimum atomic E-state index is -0.792. The van der Waals surface area contributed by atoms with Gasteiger partial charge in [0.1, 0.15) is 5.69 Å². The highest BCUT2D eigenvalue weighted by Crippen LogP contribution is 2.19. The van der Waals surface area contributed by atoms with E-state index in [-0.39, 0.29) is 5.91 Å². The van der Waals surface area contributed by atoms with Crippen molar-refractivity contribution in [3.05, 3.63) is 51.4 Å². The molecule has 4 nitrogen and oxygen atoms in total. The zero-order valence-electron chi connectivity index (χ0n) is 10.2. The van der Waals surface area contributed by atoms with Gasteiger partial charge in [0.25, 0.3) is 5.91 Å². The third kappa shape index (κ3) is 3.53. The summed E-state index contributed by atoms with van der Waals surface area (Å²) in [6.07, 6.45) is -0.792. The smallest absolute Gasteiger partial charge is 0.271 e. The topological polar surface area (TPSA) is 62.2 Å². The third-order valence-corrected chi connectivity index (χ3v) is 3.55. The van der Waals surface area contributed by atoms with Gasteiger partial charge in [-0.05, 0) is 24.6 Å². The number of halogens is 1. The van der Waals surface area contributed by atoms with E-state index in [1.165, 1.54) is 11.3 Å². The van der Waals surface area contributed by atoms with E-state index in [9.17, 15) is 9.90 Å². The summed E-state index contributed by atoms with van der Waals surface area (Å²) in [4.78, 5) is 15.7. The van der Waals surface area contributed by atoms with Crippen LogP contribution in [0.4, 0.5) is 0 Å². The number of benzene rings is 1. The summed E-state index contributed by atoms with van der Waals surface area (Å²) in [5.41, 5.74) is 2.66. The van der Waals surface area contributed by atoms with E-state index in [0.29, 0.717) is 16.3 Å². The normalized spacial score (nSPS) is 13.8. The average Bonchev–Trinajstić information content (AvgIpc) is 2.92. The van der Waals surface area contributed by atoms with E-state index in [4.69, 9.17) is 11.6 Å². The molecule has 0 saturated heterocycles. The Morgan fingerprint density at radius 2 is 2.11 bits per heavy atom. The number of thiazole rings is 1. The quantitative estimate of drug-likeness (QED) is 0.912. The Morgan fingerprint density at radius 3 is 2.68 bits per heavy atom. The van der Waals surface area contributed by atoms with Gasteiger partial charge in [-0.15, -0.1) is 11.3 Å². The number of nitrogens with zero attached hydrogens (tertiary/aromatic N) is 1. The molecule has 1 aromatic heterocycles. The van der Waals surface area contributed by atoms with Crippen molar-refractivity contribution >= 4 is 28.8 Å². The lowest BCUT2D eigenvalue weighted by Crippen LogP contribution is -2.37. The van der Waals surface area contributed by atoms with Crippen LogP contribution < -0.4 is 5.32 Å². The first-order chi connectivity index (χ1) is 9.08. The molecule has 2 N–H and O–H groups in total. The third-order valence-electron chi connectivity index (χ3n) is 2.71. The first-order valence-corrected chi connectivity index (χ1v) is 7.02. The number of hydrogen-bond donors (Lipinski definition) is 2. The molecule has 2 aromatic rings. The van der Waals surface area contributed by atoms with Gasteiger partial charge < -0.3 is 10.4 Å². The lowest BCUT2D eigenvalue weighted by Gasteiger charge is -2.20. The monoisotopic (exact) mass is 296 g/mol. The molecule has 19 heavy (non-hydrogen) atoms. The maximum absolute atomic E-state index is 11.8. The van der Waals surface area contributed by atoms with Crippen molar-refractivity contribution in [2.45, 2.75) is 19.1 Å². The van der Waals surface area contributed by atoms with Crippen LogP contribution in [0.5, 0.6) is 0 Å². The lowest BCUT2D eigenvalue weighted by molar-refractivity contribution is 0.0848. The molecule has 2 unspecified atom stereocenters. The van der Waals surface area contributed by atoms with Crippen molar-refractivity contribution in [1.29, 1.82) is 0 Å². The molecule has 0 aliphatic rings. The van der Waals surface area contributed by atoms with E-state index in [2.05, 4.69) is 10.3 Å². The van der Waals surface area contributed by atoms with Crippen LogP contribution in [-0.2, 0) is 0 Å². The first kappa shape index (κ1) is 14.0. The molecule has 0 bridgehead atoms. The van der Waals surface area contributed by atoms with Gasteiger partial charge in [0.05, 0.1) is 17.7 Å². The Balaban J connectivity index is 2.01. The van der Waals surface area contributed by atoms with Gasteiger partial charge in [-0.25, -0.2) is 4.98 Å². The van der Waals surface area contributed by atoms with Crippen LogP contribution >= 0.6 is 22.9 Å². The number of nitrogens with one attached hydrogen (secondary N) is 1. The second-order valence-electron chi connectivity index (χ2n) is 4.13. The Kier molecular flexibility index (Phi) is 4.52. The molecule has 1 amide bonds. The van der Waals surface area contributed by atoms with Gasteiger partial charge >= 0.3 is 0 Å². The van der Waals surface area contributed by atoms with Crippen LogP contribution in [0, 0.1) is 0 Å². The molecule has 0 radical (unpaired) electrons. The predicted octanol–water partition coefficient (Wildman–Crippen LogP) is 2.65. The van der Waals surface area contributed by atoms with Gasteiger partial charge in [-0.1, -0.05) is 23.7 Å². The molecule has 0 spiro atoms. The summed E-state index contributed by atoms with van der Waals surface area (Å²) >= 11 is 7.14. The Hall–Kier alpha value is -1.43. The molecule has 0 aliphatic carbocycles. The van der Waals surface area contributed by atoms with Crippen LogP contribution in [0.3, 0.4) is 0 Å². The first-order valence-electron chi connectivity index (χ1n) is 5.70. The number of aromatic nitrogens is 1. The highest BCUT2D eigenvalue weighted by molar-refractivity contribution is 7.07. The van der Waals surface area contributed by atoms with Crippen LogP contribution in [0.15, 0.2) is 35.2 Å². The summed E-state index contributed by atoms with van der Waals surface area (Å²) < 4.78 is 0. The van der Waals surface area contributed by atoms with Crippen LogP contribution in [0.2, 0.25) is 5.02 Å². The minimum Gasteiger partial charge on any atom is -0.386 e. The van der Waals surface area contributed by atoms with E-state index >= 15 is 0 Å². The molecule has 0 fully saturated rings. The van der Waals surface area contributed by atoms with Gasteiger partial charge in [-0.2, -0.15) is 0 Å². The molecule has 1 heterocycles. The minimum absolute atomic E-state index is 0.290. The predicted molar refractivity (Wildman–Crippen MR) is 75.5 cm³/mol. The number of amides is 1. The van der Waals surface area contributed by atoms with E-state index < -0.39 is 12.1 Å². The van der Waals surface area contributed by atoms with Crippen molar-refractivity contribution in [3.8, 4) is 0 Å². The number of aliphatic hydroxyl groups excluding tert-OH is 1. The summed E-state index contributed by atoms with van der Waals surface area (Å²) in [7, 11) is 0. The molecule has 2 atom stereocenters. The van der Waals surface area contributed by atoms with Crippen LogP contribution in [0.1, 0.15) is 29.1 Å². The Bertz CT molecular complexity index is 542. The Morgan fingerprint density at radius 1 is 1.42 bits per heavy atom. The molecular weight excluding hydrogens is 284 g/mol. The molecular formula is C13H13ClN2O2S. The fourth-order valence-corrected chi connectivity index (χ4v) is 2.29.